The van der Waals surface area contributed by atoms with E-state index >= 15 is 0 Å². The molecule has 1 saturated heterocycles. The molecule has 9 heteroatoms. The molecule has 3 aromatic rings. The van der Waals surface area contributed by atoms with Gasteiger partial charge in [0.25, 0.3) is 5.56 Å². The zero-order valence-electron chi connectivity index (χ0n) is 16.1. The highest BCUT2D eigenvalue weighted by Gasteiger charge is 2.19. The van der Waals surface area contributed by atoms with E-state index in [-0.39, 0.29) is 30.6 Å². The zero-order chi connectivity index (χ0) is 20.4. The minimum Gasteiger partial charge on any atom is -0.376 e. The van der Waals surface area contributed by atoms with E-state index in [9.17, 15) is 14.4 Å². The van der Waals surface area contributed by atoms with Gasteiger partial charge in [-0.25, -0.2) is 4.79 Å². The Morgan fingerprint density at radius 3 is 2.97 bits per heavy atom. The van der Waals surface area contributed by atoms with Gasteiger partial charge in [-0.15, -0.1) is 0 Å². The Labute approximate surface area is 170 Å². The van der Waals surface area contributed by atoms with Crippen LogP contribution in [-0.2, 0) is 22.6 Å². The molecule has 1 unspecified atom stereocenters. The van der Waals surface area contributed by atoms with Crippen LogP contribution in [0.4, 0.5) is 0 Å². The number of hydrogen-bond acceptors (Lipinski definition) is 6. The SMILES string of the molecule is Cc1cccc(Cn2c(=O)c3nscc3n(CC(=O)NCC3CCCO3)c2=O)c1. The Bertz CT molecular complexity index is 1160. The molecule has 0 saturated carbocycles. The fraction of sp³-hybridized carbons (Fsp3) is 0.400. The Morgan fingerprint density at radius 2 is 2.21 bits per heavy atom. The molecule has 4 rings (SSSR count). The number of rotatable bonds is 6. The van der Waals surface area contributed by atoms with Crippen LogP contribution >= 0.6 is 11.5 Å². The summed E-state index contributed by atoms with van der Waals surface area (Å²) in [6, 6.07) is 7.62. The van der Waals surface area contributed by atoms with Gasteiger partial charge in [-0.2, -0.15) is 4.37 Å². The Kier molecular flexibility index (Phi) is 5.59. The molecule has 1 amide bonds. The van der Waals surface area contributed by atoms with Gasteiger partial charge in [0.1, 0.15) is 6.54 Å². The lowest BCUT2D eigenvalue weighted by molar-refractivity contribution is -0.122. The van der Waals surface area contributed by atoms with Crippen molar-refractivity contribution in [2.24, 2.45) is 0 Å². The Balaban J connectivity index is 1.64. The monoisotopic (exact) mass is 414 g/mol. The number of carbonyl (C=O) groups excluding carboxylic acids is 1. The molecular weight excluding hydrogens is 392 g/mol. The van der Waals surface area contributed by atoms with Crippen LogP contribution in [0.5, 0.6) is 0 Å². The molecule has 1 atom stereocenters. The number of benzene rings is 1. The summed E-state index contributed by atoms with van der Waals surface area (Å²) in [5.41, 5.74) is 1.51. The van der Waals surface area contributed by atoms with Gasteiger partial charge in [-0.3, -0.25) is 18.7 Å². The predicted molar refractivity (Wildman–Crippen MR) is 110 cm³/mol. The highest BCUT2D eigenvalue weighted by atomic mass is 32.1. The van der Waals surface area contributed by atoms with Gasteiger partial charge in [-0.05, 0) is 36.9 Å². The topological polar surface area (TPSA) is 95.2 Å². The van der Waals surface area contributed by atoms with Gasteiger partial charge in [-0.1, -0.05) is 29.8 Å². The van der Waals surface area contributed by atoms with Crippen molar-refractivity contribution >= 4 is 28.5 Å². The van der Waals surface area contributed by atoms with Crippen LogP contribution in [0.25, 0.3) is 11.0 Å². The van der Waals surface area contributed by atoms with Gasteiger partial charge in [0.05, 0.1) is 18.2 Å². The minimum atomic E-state index is -0.517. The second-order valence-electron chi connectivity index (χ2n) is 7.24. The molecule has 2 aromatic heterocycles. The average Bonchev–Trinajstić information content (AvgIpc) is 3.39. The van der Waals surface area contributed by atoms with Gasteiger partial charge in [0, 0.05) is 18.5 Å². The van der Waals surface area contributed by atoms with E-state index in [0.29, 0.717) is 18.7 Å². The fourth-order valence-electron chi connectivity index (χ4n) is 3.55. The molecule has 29 heavy (non-hydrogen) atoms. The third-order valence-corrected chi connectivity index (χ3v) is 5.64. The number of hydrogen-bond donors (Lipinski definition) is 1. The molecule has 3 heterocycles. The van der Waals surface area contributed by atoms with E-state index in [1.165, 1.54) is 4.57 Å². The summed E-state index contributed by atoms with van der Waals surface area (Å²) in [6.45, 7) is 3.04. The maximum atomic E-state index is 13.1. The summed E-state index contributed by atoms with van der Waals surface area (Å²) >= 11 is 1.09. The molecule has 1 aliphatic heterocycles. The molecule has 0 aliphatic carbocycles. The van der Waals surface area contributed by atoms with Crippen molar-refractivity contribution in [3.63, 3.8) is 0 Å². The Hall–Kier alpha value is -2.78. The number of nitrogens with one attached hydrogen (secondary N) is 1. The highest BCUT2D eigenvalue weighted by Crippen LogP contribution is 2.12. The first-order valence-electron chi connectivity index (χ1n) is 9.54. The maximum absolute atomic E-state index is 13.1. The van der Waals surface area contributed by atoms with Crippen LogP contribution in [0.15, 0.2) is 39.2 Å². The average molecular weight is 414 g/mol. The standard InChI is InChI=1S/C20H22N4O4S/c1-13-4-2-5-14(8-13)10-24-19(26)18-16(12-29-22-18)23(20(24)27)11-17(25)21-9-15-6-3-7-28-15/h2,4-5,8,12,15H,3,6-7,9-11H2,1H3,(H,21,25). The number of aromatic nitrogens is 3. The normalized spacial score (nSPS) is 16.4. The third-order valence-electron chi connectivity index (χ3n) is 5.03. The second-order valence-corrected chi connectivity index (χ2v) is 7.87. The van der Waals surface area contributed by atoms with Crippen molar-refractivity contribution in [2.45, 2.75) is 39.0 Å². The number of aryl methyl sites for hydroxylation is 1. The second kappa shape index (κ2) is 8.30. The lowest BCUT2D eigenvalue weighted by Gasteiger charge is -2.14. The summed E-state index contributed by atoms with van der Waals surface area (Å²) in [6.07, 6.45) is 1.93. The lowest BCUT2D eigenvalue weighted by atomic mass is 10.1. The van der Waals surface area contributed by atoms with Crippen LogP contribution in [0.2, 0.25) is 0 Å². The Morgan fingerprint density at radius 1 is 1.34 bits per heavy atom. The van der Waals surface area contributed by atoms with E-state index in [0.717, 1.165) is 40.1 Å². The van der Waals surface area contributed by atoms with E-state index in [1.807, 2.05) is 31.2 Å². The predicted octanol–water partition coefficient (Wildman–Crippen LogP) is 1.27. The largest absolute Gasteiger partial charge is 0.376 e. The molecule has 1 N–H and O–H groups in total. The maximum Gasteiger partial charge on any atom is 0.332 e. The summed E-state index contributed by atoms with van der Waals surface area (Å²) in [4.78, 5) is 38.4. The van der Waals surface area contributed by atoms with E-state index in [1.54, 1.807) is 5.38 Å². The van der Waals surface area contributed by atoms with E-state index in [4.69, 9.17) is 4.74 Å². The molecule has 0 radical (unpaired) electrons. The first-order valence-corrected chi connectivity index (χ1v) is 10.4. The van der Waals surface area contributed by atoms with E-state index in [2.05, 4.69) is 9.69 Å². The van der Waals surface area contributed by atoms with E-state index < -0.39 is 11.2 Å². The molecule has 8 nitrogen and oxygen atoms in total. The smallest absolute Gasteiger partial charge is 0.332 e. The van der Waals surface area contributed by atoms with Crippen molar-refractivity contribution in [1.29, 1.82) is 0 Å². The number of ether oxygens (including phenoxy) is 1. The number of fused-ring (bicyclic) bond motifs is 1. The molecular formula is C20H22N4O4S. The first-order chi connectivity index (χ1) is 14.0. The number of amides is 1. The van der Waals surface area contributed by atoms with Crippen molar-refractivity contribution in [1.82, 2.24) is 18.8 Å². The van der Waals surface area contributed by atoms with Gasteiger partial charge < -0.3 is 10.1 Å². The fourth-order valence-corrected chi connectivity index (χ4v) is 4.22. The van der Waals surface area contributed by atoms with Crippen molar-refractivity contribution in [3.8, 4) is 0 Å². The van der Waals surface area contributed by atoms with Gasteiger partial charge in [0.2, 0.25) is 5.91 Å². The minimum absolute atomic E-state index is 0.0220. The summed E-state index contributed by atoms with van der Waals surface area (Å²) < 4.78 is 12.1. The van der Waals surface area contributed by atoms with Gasteiger partial charge >= 0.3 is 5.69 Å². The molecule has 1 aromatic carbocycles. The summed E-state index contributed by atoms with van der Waals surface area (Å²) in [7, 11) is 0. The summed E-state index contributed by atoms with van der Waals surface area (Å²) in [5, 5.41) is 4.45. The lowest BCUT2D eigenvalue weighted by Crippen LogP contribution is -2.43. The van der Waals surface area contributed by atoms with Gasteiger partial charge in [0.15, 0.2) is 5.52 Å². The quantitative estimate of drug-likeness (QED) is 0.656. The molecule has 1 fully saturated rings. The van der Waals surface area contributed by atoms with Crippen LogP contribution in [0.3, 0.4) is 0 Å². The first kappa shape index (κ1) is 19.5. The van der Waals surface area contributed by atoms with Crippen molar-refractivity contribution in [3.05, 3.63) is 61.6 Å². The van der Waals surface area contributed by atoms with Crippen LogP contribution < -0.4 is 16.6 Å². The molecule has 152 valence electrons. The number of carbonyl (C=O) groups is 1. The summed E-state index contributed by atoms with van der Waals surface area (Å²) in [5.74, 6) is -0.296. The highest BCUT2D eigenvalue weighted by molar-refractivity contribution is 7.04. The van der Waals surface area contributed by atoms with Crippen molar-refractivity contribution in [2.75, 3.05) is 13.2 Å². The molecule has 0 bridgehead atoms. The zero-order valence-corrected chi connectivity index (χ0v) is 16.9. The van der Waals surface area contributed by atoms with Crippen LogP contribution in [-0.4, -0.2) is 38.7 Å². The van der Waals surface area contributed by atoms with Crippen LogP contribution in [0.1, 0.15) is 24.0 Å². The third kappa shape index (κ3) is 4.15. The number of nitrogens with zero attached hydrogens (tertiary/aromatic N) is 3. The van der Waals surface area contributed by atoms with Crippen LogP contribution in [0, 0.1) is 6.92 Å². The molecule has 1 aliphatic rings. The van der Waals surface area contributed by atoms with Crippen molar-refractivity contribution < 1.29 is 9.53 Å². The molecule has 0 spiro atoms.